The van der Waals surface area contributed by atoms with E-state index < -0.39 is 28.5 Å². The molecule has 0 unspecified atom stereocenters. The van der Waals surface area contributed by atoms with Gasteiger partial charge in [0.2, 0.25) is 21.8 Å². The summed E-state index contributed by atoms with van der Waals surface area (Å²) in [7, 11) is -2.52. The number of amides is 2. The summed E-state index contributed by atoms with van der Waals surface area (Å²) >= 11 is 12.1. The van der Waals surface area contributed by atoms with E-state index >= 15 is 0 Å². The third kappa shape index (κ3) is 8.30. The summed E-state index contributed by atoms with van der Waals surface area (Å²) in [4.78, 5) is 27.7. The van der Waals surface area contributed by atoms with Crippen molar-refractivity contribution in [3.63, 3.8) is 0 Å². The minimum Gasteiger partial charge on any atom is -0.495 e. The summed E-state index contributed by atoms with van der Waals surface area (Å²) in [5, 5.41) is 3.65. The predicted octanol–water partition coefficient (Wildman–Crippen LogP) is 4.10. The molecule has 0 fully saturated rings. The number of carbonyl (C=O) groups excluding carboxylic acids is 2. The van der Waals surface area contributed by atoms with E-state index in [2.05, 4.69) is 5.32 Å². The maximum Gasteiger partial charge on any atom is 0.244 e. The summed E-state index contributed by atoms with van der Waals surface area (Å²) < 4.78 is 31.6. The van der Waals surface area contributed by atoms with Crippen molar-refractivity contribution in [2.24, 2.45) is 0 Å². The van der Waals surface area contributed by atoms with Crippen LogP contribution in [0.2, 0.25) is 10.0 Å². The Morgan fingerprint density at radius 3 is 2.29 bits per heavy atom. The molecule has 0 bridgehead atoms. The zero-order chi connectivity index (χ0) is 26.2. The zero-order valence-corrected chi connectivity index (χ0v) is 22.6. The second-order valence-electron chi connectivity index (χ2n) is 8.05. The van der Waals surface area contributed by atoms with Crippen LogP contribution in [0.3, 0.4) is 0 Å². The molecule has 2 aromatic carbocycles. The minimum absolute atomic E-state index is 0.0860. The summed E-state index contributed by atoms with van der Waals surface area (Å²) in [6, 6.07) is 10.5. The number of anilines is 1. The molecule has 1 N–H and O–H groups in total. The van der Waals surface area contributed by atoms with Gasteiger partial charge in [-0.2, -0.15) is 0 Å². The number of sulfonamides is 1. The fourth-order valence-corrected chi connectivity index (χ4v) is 4.50. The predicted molar refractivity (Wildman–Crippen MR) is 140 cm³/mol. The van der Waals surface area contributed by atoms with Gasteiger partial charge in [0.05, 0.1) is 19.1 Å². The fraction of sp³-hybridized carbons (Fsp3) is 0.417. The van der Waals surface area contributed by atoms with Crippen LogP contribution in [0.25, 0.3) is 0 Å². The molecule has 0 heterocycles. The normalized spacial score (nSPS) is 12.1. The first-order valence-corrected chi connectivity index (χ1v) is 13.7. The summed E-state index contributed by atoms with van der Waals surface area (Å²) in [6.07, 6.45) is 2.71. The number of carbonyl (C=O) groups is 2. The average Bonchev–Trinajstić information content (AvgIpc) is 2.80. The molecule has 35 heavy (non-hydrogen) atoms. The molecule has 0 aliphatic carbocycles. The zero-order valence-electron chi connectivity index (χ0n) is 20.3. The van der Waals surface area contributed by atoms with E-state index in [9.17, 15) is 18.0 Å². The average molecular weight is 545 g/mol. The van der Waals surface area contributed by atoms with Gasteiger partial charge in [0, 0.05) is 23.1 Å². The van der Waals surface area contributed by atoms with Crippen molar-refractivity contribution in [1.29, 1.82) is 0 Å². The Hall–Kier alpha value is -2.49. The van der Waals surface area contributed by atoms with Crippen LogP contribution in [0.5, 0.6) is 5.75 Å². The number of unbranched alkanes of at least 4 members (excludes halogenated alkanes) is 1. The molecule has 0 saturated heterocycles. The molecule has 11 heteroatoms. The quantitative estimate of drug-likeness (QED) is 0.406. The second kappa shape index (κ2) is 13.0. The van der Waals surface area contributed by atoms with Crippen molar-refractivity contribution >= 4 is 50.7 Å². The molecule has 2 amide bonds. The lowest BCUT2D eigenvalue weighted by Crippen LogP contribution is -2.51. The number of nitrogens with zero attached hydrogens (tertiary/aromatic N) is 2. The van der Waals surface area contributed by atoms with Crippen LogP contribution in [0, 0.1) is 0 Å². The lowest BCUT2D eigenvalue weighted by atomic mass is 10.1. The van der Waals surface area contributed by atoms with E-state index in [0.29, 0.717) is 11.6 Å². The molecule has 2 aromatic rings. The number of benzene rings is 2. The standard InChI is InChI=1S/C24H31Cl2N3O5S/c1-5-6-13-27-24(31)17(2)28(15-18-7-9-19(25)10-8-18)23(30)16-29(35(4,32)33)21-14-20(26)11-12-22(21)34-3/h7-12,14,17H,5-6,13,15-16H2,1-4H3,(H,27,31)/t17-/m0/s1. The third-order valence-electron chi connectivity index (χ3n) is 5.35. The molecular weight excluding hydrogens is 513 g/mol. The highest BCUT2D eigenvalue weighted by atomic mass is 35.5. The lowest BCUT2D eigenvalue weighted by Gasteiger charge is -2.32. The Morgan fingerprint density at radius 1 is 1.09 bits per heavy atom. The Kier molecular flexibility index (Phi) is 10.7. The molecule has 0 aromatic heterocycles. The molecule has 0 aliphatic heterocycles. The first kappa shape index (κ1) is 28.7. The number of ether oxygens (including phenoxy) is 1. The SMILES string of the molecule is CCCCNC(=O)[C@H](C)N(Cc1ccc(Cl)cc1)C(=O)CN(c1cc(Cl)ccc1OC)S(C)(=O)=O. The van der Waals surface area contributed by atoms with Crippen molar-refractivity contribution in [2.75, 3.05) is 30.8 Å². The first-order chi connectivity index (χ1) is 16.5. The Morgan fingerprint density at radius 2 is 1.71 bits per heavy atom. The largest absolute Gasteiger partial charge is 0.495 e. The van der Waals surface area contributed by atoms with E-state index in [0.717, 1.165) is 29.0 Å². The number of hydrogen-bond acceptors (Lipinski definition) is 5. The summed E-state index contributed by atoms with van der Waals surface area (Å²) in [5.74, 6) is -0.653. The topological polar surface area (TPSA) is 96.0 Å². The maximum absolute atomic E-state index is 13.5. The van der Waals surface area contributed by atoms with Gasteiger partial charge in [-0.1, -0.05) is 48.7 Å². The molecule has 0 aliphatic rings. The van der Waals surface area contributed by atoms with E-state index in [4.69, 9.17) is 27.9 Å². The van der Waals surface area contributed by atoms with Crippen molar-refractivity contribution in [3.05, 3.63) is 58.1 Å². The Labute approximate surface area is 217 Å². The number of hydrogen-bond donors (Lipinski definition) is 1. The monoisotopic (exact) mass is 543 g/mol. The van der Waals surface area contributed by atoms with Gasteiger partial charge in [0.1, 0.15) is 18.3 Å². The van der Waals surface area contributed by atoms with E-state index in [-0.39, 0.29) is 28.9 Å². The number of nitrogens with one attached hydrogen (secondary N) is 1. The van der Waals surface area contributed by atoms with Crippen LogP contribution in [0.4, 0.5) is 5.69 Å². The minimum atomic E-state index is -3.91. The molecule has 0 saturated carbocycles. The van der Waals surface area contributed by atoms with Crippen LogP contribution >= 0.6 is 23.2 Å². The van der Waals surface area contributed by atoms with Crippen LogP contribution in [-0.4, -0.2) is 57.6 Å². The molecule has 0 spiro atoms. The van der Waals surface area contributed by atoms with Crippen molar-refractivity contribution in [1.82, 2.24) is 10.2 Å². The van der Waals surface area contributed by atoms with Crippen molar-refractivity contribution < 1.29 is 22.7 Å². The van der Waals surface area contributed by atoms with E-state index in [1.165, 1.54) is 24.1 Å². The van der Waals surface area contributed by atoms with Gasteiger partial charge in [0.15, 0.2) is 0 Å². The fourth-order valence-electron chi connectivity index (χ4n) is 3.36. The molecule has 0 radical (unpaired) electrons. The van der Waals surface area contributed by atoms with Gasteiger partial charge in [-0.3, -0.25) is 13.9 Å². The smallest absolute Gasteiger partial charge is 0.244 e. The third-order valence-corrected chi connectivity index (χ3v) is 6.97. The molecule has 192 valence electrons. The highest BCUT2D eigenvalue weighted by Crippen LogP contribution is 2.33. The highest BCUT2D eigenvalue weighted by molar-refractivity contribution is 7.92. The molecule has 8 nitrogen and oxygen atoms in total. The number of halogens is 2. The summed E-state index contributed by atoms with van der Waals surface area (Å²) in [6.45, 7) is 3.64. The number of methoxy groups -OCH3 is 1. The van der Waals surface area contributed by atoms with Crippen LogP contribution in [0.1, 0.15) is 32.3 Å². The van der Waals surface area contributed by atoms with Gasteiger partial charge in [0.25, 0.3) is 0 Å². The van der Waals surface area contributed by atoms with E-state index in [1.807, 2.05) is 6.92 Å². The van der Waals surface area contributed by atoms with Crippen LogP contribution in [-0.2, 0) is 26.2 Å². The van der Waals surface area contributed by atoms with Gasteiger partial charge >= 0.3 is 0 Å². The van der Waals surface area contributed by atoms with Crippen LogP contribution < -0.4 is 14.4 Å². The molecule has 2 rings (SSSR count). The second-order valence-corrected chi connectivity index (χ2v) is 10.8. The maximum atomic E-state index is 13.5. The van der Waals surface area contributed by atoms with Gasteiger partial charge < -0.3 is 15.0 Å². The van der Waals surface area contributed by atoms with E-state index in [1.54, 1.807) is 37.3 Å². The Balaban J connectivity index is 2.41. The van der Waals surface area contributed by atoms with Gasteiger partial charge in [-0.15, -0.1) is 0 Å². The lowest BCUT2D eigenvalue weighted by molar-refractivity contribution is -0.139. The Bertz CT molecular complexity index is 1130. The van der Waals surface area contributed by atoms with Gasteiger partial charge in [-0.05, 0) is 49.2 Å². The molecular formula is C24H31Cl2N3O5S. The first-order valence-electron chi connectivity index (χ1n) is 11.1. The van der Waals surface area contributed by atoms with Crippen LogP contribution in [0.15, 0.2) is 42.5 Å². The number of rotatable bonds is 12. The van der Waals surface area contributed by atoms with Crippen molar-refractivity contribution in [2.45, 2.75) is 39.3 Å². The molecule has 1 atom stereocenters. The van der Waals surface area contributed by atoms with Crippen molar-refractivity contribution in [3.8, 4) is 5.75 Å². The highest BCUT2D eigenvalue weighted by Gasteiger charge is 2.31. The summed E-state index contributed by atoms with van der Waals surface area (Å²) in [5.41, 5.74) is 0.865. The van der Waals surface area contributed by atoms with Gasteiger partial charge in [-0.25, -0.2) is 8.42 Å².